The second kappa shape index (κ2) is 7.88. The van der Waals surface area contributed by atoms with Gasteiger partial charge in [0.25, 0.3) is 0 Å². The van der Waals surface area contributed by atoms with Crippen LogP contribution >= 0.6 is 0 Å². The number of unbranched alkanes of at least 4 members (excludes halogenated alkanes) is 1. The Morgan fingerprint density at radius 1 is 1.33 bits per heavy atom. The van der Waals surface area contributed by atoms with Crippen molar-refractivity contribution in [2.24, 2.45) is 5.92 Å². The average molecular weight is 249 g/mol. The van der Waals surface area contributed by atoms with Crippen molar-refractivity contribution in [1.29, 1.82) is 0 Å². The van der Waals surface area contributed by atoms with E-state index in [2.05, 4.69) is 12.2 Å². The number of nitrogens with one attached hydrogen (secondary N) is 1. The number of carbonyl (C=O) groups excluding carboxylic acids is 1. The maximum absolute atomic E-state index is 11.7. The van der Waals surface area contributed by atoms with Crippen molar-refractivity contribution < 1.29 is 9.90 Å². The highest BCUT2D eigenvalue weighted by Gasteiger charge is 2.17. The van der Waals surface area contributed by atoms with Crippen molar-refractivity contribution in [2.75, 3.05) is 5.32 Å². The van der Waals surface area contributed by atoms with Crippen molar-refractivity contribution >= 4 is 11.6 Å². The summed E-state index contributed by atoms with van der Waals surface area (Å²) in [5.74, 6) is 0.0449. The molecule has 0 fully saturated rings. The summed E-state index contributed by atoms with van der Waals surface area (Å²) in [6, 6.07) is 9.32. The quantitative estimate of drug-likeness (QED) is 0.779. The molecule has 18 heavy (non-hydrogen) atoms. The van der Waals surface area contributed by atoms with Crippen LogP contribution in [0.5, 0.6) is 0 Å². The lowest BCUT2D eigenvalue weighted by molar-refractivity contribution is -0.118. The summed E-state index contributed by atoms with van der Waals surface area (Å²) in [6.07, 6.45) is 2.79. The van der Waals surface area contributed by atoms with Gasteiger partial charge in [0, 0.05) is 5.69 Å². The average Bonchev–Trinajstić information content (AvgIpc) is 2.36. The molecule has 0 aliphatic carbocycles. The molecular formula is C15H23NO2. The van der Waals surface area contributed by atoms with E-state index in [4.69, 9.17) is 0 Å². The number of anilines is 1. The lowest BCUT2D eigenvalue weighted by atomic mass is 9.96. The standard InChI is InChI=1S/C15H23NO2/c1-3-4-8-12(2)14(17)11-15(18)16-13-9-6-5-7-10-13/h5-7,9-10,12,14,17H,3-4,8,11H2,1-2H3,(H,16,18)/t12-,14-/m1/s1. The van der Waals surface area contributed by atoms with Gasteiger partial charge in [0.05, 0.1) is 12.5 Å². The van der Waals surface area contributed by atoms with Gasteiger partial charge in [-0.05, 0) is 24.5 Å². The van der Waals surface area contributed by atoms with E-state index in [-0.39, 0.29) is 18.2 Å². The van der Waals surface area contributed by atoms with Gasteiger partial charge in [-0.15, -0.1) is 0 Å². The Kier molecular flexibility index (Phi) is 6.44. The summed E-state index contributed by atoms with van der Waals surface area (Å²) in [7, 11) is 0. The third-order valence-corrected chi connectivity index (χ3v) is 3.12. The van der Waals surface area contributed by atoms with Crippen LogP contribution in [0.1, 0.15) is 39.5 Å². The normalized spacial score (nSPS) is 13.9. The molecule has 3 heteroatoms. The minimum Gasteiger partial charge on any atom is -0.392 e. The molecule has 0 spiro atoms. The second-order valence-corrected chi connectivity index (χ2v) is 4.81. The molecule has 0 radical (unpaired) electrons. The Morgan fingerprint density at radius 2 is 2.00 bits per heavy atom. The number of amides is 1. The monoisotopic (exact) mass is 249 g/mol. The first kappa shape index (κ1) is 14.7. The Balaban J connectivity index is 2.35. The number of para-hydroxylation sites is 1. The van der Waals surface area contributed by atoms with Gasteiger partial charge >= 0.3 is 0 Å². The molecule has 0 bridgehead atoms. The van der Waals surface area contributed by atoms with Crippen LogP contribution in [0.2, 0.25) is 0 Å². The van der Waals surface area contributed by atoms with E-state index >= 15 is 0 Å². The summed E-state index contributed by atoms with van der Waals surface area (Å²) < 4.78 is 0. The fourth-order valence-corrected chi connectivity index (χ4v) is 1.84. The molecule has 100 valence electrons. The fraction of sp³-hybridized carbons (Fsp3) is 0.533. The van der Waals surface area contributed by atoms with Gasteiger partial charge in [0.2, 0.25) is 5.91 Å². The first-order valence-electron chi connectivity index (χ1n) is 6.66. The van der Waals surface area contributed by atoms with Crippen LogP contribution in [0.4, 0.5) is 5.69 Å². The van der Waals surface area contributed by atoms with Crippen LogP contribution in [0.3, 0.4) is 0 Å². The largest absolute Gasteiger partial charge is 0.392 e. The third kappa shape index (κ3) is 5.32. The molecule has 2 atom stereocenters. The van der Waals surface area contributed by atoms with Gasteiger partial charge in [-0.25, -0.2) is 0 Å². The van der Waals surface area contributed by atoms with E-state index in [0.717, 1.165) is 24.9 Å². The number of aliphatic hydroxyl groups is 1. The van der Waals surface area contributed by atoms with Crippen molar-refractivity contribution in [3.05, 3.63) is 30.3 Å². The molecule has 0 unspecified atom stereocenters. The zero-order chi connectivity index (χ0) is 13.4. The number of hydrogen-bond acceptors (Lipinski definition) is 2. The van der Waals surface area contributed by atoms with Gasteiger partial charge in [0.1, 0.15) is 0 Å². The Labute approximate surface area is 109 Å². The highest BCUT2D eigenvalue weighted by molar-refractivity contribution is 5.90. The Bertz CT molecular complexity index is 351. The van der Waals surface area contributed by atoms with E-state index in [1.165, 1.54) is 0 Å². The highest BCUT2D eigenvalue weighted by Crippen LogP contribution is 2.15. The zero-order valence-corrected chi connectivity index (χ0v) is 11.2. The third-order valence-electron chi connectivity index (χ3n) is 3.12. The second-order valence-electron chi connectivity index (χ2n) is 4.81. The SMILES string of the molecule is CCCC[C@@H](C)[C@H](O)CC(=O)Nc1ccccc1. The van der Waals surface area contributed by atoms with Crippen molar-refractivity contribution in [3.8, 4) is 0 Å². The molecule has 1 aromatic rings. The molecule has 1 rings (SSSR count). The predicted molar refractivity (Wildman–Crippen MR) is 74.4 cm³/mol. The lowest BCUT2D eigenvalue weighted by Crippen LogP contribution is -2.25. The van der Waals surface area contributed by atoms with E-state index in [0.29, 0.717) is 0 Å². The molecule has 0 aliphatic heterocycles. The van der Waals surface area contributed by atoms with E-state index in [9.17, 15) is 9.90 Å². The van der Waals surface area contributed by atoms with Crippen molar-refractivity contribution in [2.45, 2.75) is 45.6 Å². The molecule has 2 N–H and O–H groups in total. The van der Waals surface area contributed by atoms with Gasteiger partial charge in [-0.1, -0.05) is 44.9 Å². The molecular weight excluding hydrogens is 226 g/mol. The van der Waals surface area contributed by atoms with Crippen LogP contribution in [-0.2, 0) is 4.79 Å². The van der Waals surface area contributed by atoms with Crippen LogP contribution in [-0.4, -0.2) is 17.1 Å². The number of carbonyl (C=O) groups is 1. The predicted octanol–water partition coefficient (Wildman–Crippen LogP) is 3.20. The Hall–Kier alpha value is -1.35. The minimum absolute atomic E-state index is 0.128. The maximum Gasteiger partial charge on any atom is 0.226 e. The summed E-state index contributed by atoms with van der Waals surface area (Å²) in [4.78, 5) is 11.7. The molecule has 3 nitrogen and oxygen atoms in total. The van der Waals surface area contributed by atoms with Crippen LogP contribution in [0.15, 0.2) is 30.3 Å². The van der Waals surface area contributed by atoms with E-state index < -0.39 is 6.10 Å². The maximum atomic E-state index is 11.7. The molecule has 0 saturated heterocycles. The fourth-order valence-electron chi connectivity index (χ4n) is 1.84. The highest BCUT2D eigenvalue weighted by atomic mass is 16.3. The van der Waals surface area contributed by atoms with E-state index in [1.54, 1.807) is 0 Å². The van der Waals surface area contributed by atoms with Gasteiger partial charge in [-0.2, -0.15) is 0 Å². The smallest absolute Gasteiger partial charge is 0.226 e. The minimum atomic E-state index is -0.555. The molecule has 1 aromatic carbocycles. The van der Waals surface area contributed by atoms with Crippen LogP contribution < -0.4 is 5.32 Å². The van der Waals surface area contributed by atoms with Crippen LogP contribution in [0.25, 0.3) is 0 Å². The Morgan fingerprint density at radius 3 is 2.61 bits per heavy atom. The van der Waals surface area contributed by atoms with Crippen molar-refractivity contribution in [1.82, 2.24) is 0 Å². The van der Waals surface area contributed by atoms with Crippen molar-refractivity contribution in [3.63, 3.8) is 0 Å². The number of aliphatic hydroxyl groups excluding tert-OH is 1. The number of rotatable bonds is 7. The summed E-state index contributed by atoms with van der Waals surface area (Å²) in [6.45, 7) is 4.12. The van der Waals surface area contributed by atoms with Crippen LogP contribution in [0, 0.1) is 5.92 Å². The molecule has 0 saturated carbocycles. The van der Waals surface area contributed by atoms with Gasteiger partial charge < -0.3 is 10.4 Å². The summed E-state index contributed by atoms with van der Waals surface area (Å²) in [5, 5.41) is 12.7. The molecule has 0 aliphatic rings. The van der Waals surface area contributed by atoms with E-state index in [1.807, 2.05) is 37.3 Å². The zero-order valence-electron chi connectivity index (χ0n) is 11.2. The topological polar surface area (TPSA) is 49.3 Å². The molecule has 0 heterocycles. The summed E-state index contributed by atoms with van der Waals surface area (Å²) >= 11 is 0. The van der Waals surface area contributed by atoms with Gasteiger partial charge in [0.15, 0.2) is 0 Å². The number of benzene rings is 1. The number of hydrogen-bond donors (Lipinski definition) is 2. The van der Waals surface area contributed by atoms with Gasteiger partial charge in [-0.3, -0.25) is 4.79 Å². The molecule has 0 aromatic heterocycles. The lowest BCUT2D eigenvalue weighted by Gasteiger charge is -2.18. The first-order valence-corrected chi connectivity index (χ1v) is 6.66. The summed E-state index contributed by atoms with van der Waals surface area (Å²) in [5.41, 5.74) is 0.774. The molecule has 1 amide bonds. The first-order chi connectivity index (χ1) is 8.63.